The highest BCUT2D eigenvalue weighted by Crippen LogP contribution is 2.36. The van der Waals surface area contributed by atoms with Gasteiger partial charge in [0.05, 0.1) is 6.61 Å². The number of benzene rings is 2. The molecule has 6 heteroatoms. The molecule has 3 aromatic rings. The normalized spacial score (nSPS) is 10.5. The molecule has 1 aromatic heterocycles. The van der Waals surface area contributed by atoms with Crippen molar-refractivity contribution < 1.29 is 19.4 Å². The summed E-state index contributed by atoms with van der Waals surface area (Å²) in [5.74, 6) is -0.539. The highest BCUT2D eigenvalue weighted by atomic mass is 32.1. The summed E-state index contributed by atoms with van der Waals surface area (Å²) in [6.07, 6.45) is 0.894. The van der Waals surface area contributed by atoms with Crippen molar-refractivity contribution in [2.75, 3.05) is 11.9 Å². The number of hydrogen-bond acceptors (Lipinski definition) is 4. The number of rotatable bonds is 8. The third-order valence-electron chi connectivity index (χ3n) is 4.22. The van der Waals surface area contributed by atoms with Crippen LogP contribution in [-0.4, -0.2) is 23.6 Å². The van der Waals surface area contributed by atoms with Crippen LogP contribution in [0.2, 0.25) is 0 Å². The lowest BCUT2D eigenvalue weighted by Crippen LogP contribution is -2.14. The maximum atomic E-state index is 12.3. The van der Waals surface area contributed by atoms with Crippen molar-refractivity contribution in [3.63, 3.8) is 0 Å². The molecule has 28 heavy (non-hydrogen) atoms. The molecule has 0 radical (unpaired) electrons. The molecule has 3 rings (SSSR count). The Morgan fingerprint density at radius 1 is 1.07 bits per heavy atom. The van der Waals surface area contributed by atoms with Crippen molar-refractivity contribution in [2.24, 2.45) is 0 Å². The van der Waals surface area contributed by atoms with Gasteiger partial charge in [0, 0.05) is 17.4 Å². The standard InChI is InChI=1S/C22H21NO4S/c1-2-27-17-11-9-16(10-12-17)18-14-28-21(20(18)22(25)26)23-19(24)13-8-15-6-4-3-5-7-15/h3-7,9-12,14H,2,8,13H2,1H3,(H,23,24)(H,25,26). The number of amides is 1. The van der Waals surface area contributed by atoms with Gasteiger partial charge in [-0.3, -0.25) is 4.79 Å². The number of ether oxygens (including phenoxy) is 1. The molecule has 0 aliphatic carbocycles. The number of aryl methyl sites for hydroxylation is 1. The van der Waals surface area contributed by atoms with Gasteiger partial charge in [-0.1, -0.05) is 42.5 Å². The zero-order chi connectivity index (χ0) is 19.9. The Morgan fingerprint density at radius 2 is 1.79 bits per heavy atom. The third-order valence-corrected chi connectivity index (χ3v) is 5.11. The molecule has 0 bridgehead atoms. The number of aromatic carboxylic acids is 1. The molecule has 0 saturated carbocycles. The van der Waals surface area contributed by atoms with Crippen molar-refractivity contribution >= 4 is 28.2 Å². The molecule has 0 spiro atoms. The van der Waals surface area contributed by atoms with Crippen molar-refractivity contribution in [1.82, 2.24) is 0 Å². The van der Waals surface area contributed by atoms with Crippen LogP contribution in [0, 0.1) is 0 Å². The van der Waals surface area contributed by atoms with Gasteiger partial charge in [-0.2, -0.15) is 0 Å². The first kappa shape index (κ1) is 19.6. The molecule has 1 amide bonds. The number of thiophene rings is 1. The van der Waals surface area contributed by atoms with Gasteiger partial charge in [0.2, 0.25) is 5.91 Å². The molecule has 0 atom stereocenters. The molecular formula is C22H21NO4S. The molecule has 0 unspecified atom stereocenters. The van der Waals surface area contributed by atoms with E-state index in [2.05, 4.69) is 5.32 Å². The number of carboxylic acids is 1. The lowest BCUT2D eigenvalue weighted by atomic mass is 10.0. The van der Waals surface area contributed by atoms with Crippen LogP contribution >= 0.6 is 11.3 Å². The summed E-state index contributed by atoms with van der Waals surface area (Å²) < 4.78 is 5.42. The summed E-state index contributed by atoms with van der Waals surface area (Å²) >= 11 is 1.22. The van der Waals surface area contributed by atoms with E-state index in [0.717, 1.165) is 16.9 Å². The Kier molecular flexibility index (Phi) is 6.45. The first-order valence-electron chi connectivity index (χ1n) is 9.00. The predicted octanol–water partition coefficient (Wildman–Crippen LogP) is 5.08. The van der Waals surface area contributed by atoms with Crippen molar-refractivity contribution in [3.05, 3.63) is 71.1 Å². The summed E-state index contributed by atoms with van der Waals surface area (Å²) in [5, 5.41) is 14.6. The van der Waals surface area contributed by atoms with Crippen LogP contribution < -0.4 is 10.1 Å². The molecule has 5 nitrogen and oxygen atoms in total. The van der Waals surface area contributed by atoms with Gasteiger partial charge in [0.15, 0.2) is 0 Å². The van der Waals surface area contributed by atoms with E-state index in [1.165, 1.54) is 11.3 Å². The zero-order valence-corrected chi connectivity index (χ0v) is 16.3. The van der Waals surface area contributed by atoms with Crippen LogP contribution in [0.3, 0.4) is 0 Å². The van der Waals surface area contributed by atoms with Gasteiger partial charge in [0.1, 0.15) is 16.3 Å². The number of anilines is 1. The van der Waals surface area contributed by atoms with Crippen LogP contribution in [0.4, 0.5) is 5.00 Å². The number of carbonyl (C=O) groups is 2. The van der Waals surface area contributed by atoms with Crippen LogP contribution in [-0.2, 0) is 11.2 Å². The van der Waals surface area contributed by atoms with Crippen LogP contribution in [0.25, 0.3) is 11.1 Å². The van der Waals surface area contributed by atoms with Crippen LogP contribution in [0.15, 0.2) is 60.0 Å². The van der Waals surface area contributed by atoms with Crippen molar-refractivity contribution in [3.8, 4) is 16.9 Å². The van der Waals surface area contributed by atoms with E-state index in [1.807, 2.05) is 49.4 Å². The molecular weight excluding hydrogens is 374 g/mol. The molecule has 0 fully saturated rings. The minimum absolute atomic E-state index is 0.113. The maximum Gasteiger partial charge on any atom is 0.339 e. The topological polar surface area (TPSA) is 75.6 Å². The quantitative estimate of drug-likeness (QED) is 0.557. The Morgan fingerprint density at radius 3 is 2.43 bits per heavy atom. The SMILES string of the molecule is CCOc1ccc(-c2csc(NC(=O)CCc3ccccc3)c2C(=O)O)cc1. The lowest BCUT2D eigenvalue weighted by Gasteiger charge is -2.07. The van der Waals surface area contributed by atoms with E-state index in [-0.39, 0.29) is 11.5 Å². The number of carboxylic acid groups (broad SMARTS) is 1. The fraction of sp³-hybridized carbons (Fsp3) is 0.182. The maximum absolute atomic E-state index is 12.3. The summed E-state index contributed by atoms with van der Waals surface area (Å²) in [6, 6.07) is 17.0. The van der Waals surface area contributed by atoms with Crippen molar-refractivity contribution in [2.45, 2.75) is 19.8 Å². The van der Waals surface area contributed by atoms with Gasteiger partial charge < -0.3 is 15.2 Å². The number of hydrogen-bond donors (Lipinski definition) is 2. The molecule has 2 aromatic carbocycles. The lowest BCUT2D eigenvalue weighted by molar-refractivity contribution is -0.116. The third kappa shape index (κ3) is 4.78. The second-order valence-electron chi connectivity index (χ2n) is 6.15. The first-order chi connectivity index (χ1) is 13.6. The molecule has 1 heterocycles. The number of nitrogens with one attached hydrogen (secondary N) is 1. The molecule has 0 aliphatic rings. The second kappa shape index (κ2) is 9.19. The highest BCUT2D eigenvalue weighted by Gasteiger charge is 2.21. The average Bonchev–Trinajstić information content (AvgIpc) is 3.12. The zero-order valence-electron chi connectivity index (χ0n) is 15.5. The molecule has 144 valence electrons. The summed E-state index contributed by atoms with van der Waals surface area (Å²) in [6.45, 7) is 2.47. The van der Waals surface area contributed by atoms with Gasteiger partial charge in [-0.05, 0) is 36.6 Å². The minimum Gasteiger partial charge on any atom is -0.494 e. The van der Waals surface area contributed by atoms with E-state index in [4.69, 9.17) is 4.74 Å². The van der Waals surface area contributed by atoms with Crippen LogP contribution in [0.5, 0.6) is 5.75 Å². The summed E-state index contributed by atoms with van der Waals surface area (Å²) in [7, 11) is 0. The predicted molar refractivity (Wildman–Crippen MR) is 111 cm³/mol. The Hall–Kier alpha value is -3.12. The second-order valence-corrected chi connectivity index (χ2v) is 7.03. The molecule has 0 saturated heterocycles. The van der Waals surface area contributed by atoms with E-state index in [1.54, 1.807) is 17.5 Å². The Balaban J connectivity index is 1.75. The highest BCUT2D eigenvalue weighted by molar-refractivity contribution is 7.15. The monoisotopic (exact) mass is 395 g/mol. The van der Waals surface area contributed by atoms with E-state index >= 15 is 0 Å². The van der Waals surface area contributed by atoms with Gasteiger partial charge in [-0.25, -0.2) is 4.79 Å². The number of carbonyl (C=O) groups excluding carboxylic acids is 1. The average molecular weight is 395 g/mol. The van der Waals surface area contributed by atoms with Gasteiger partial charge in [0.25, 0.3) is 0 Å². The van der Waals surface area contributed by atoms with Gasteiger partial charge in [-0.15, -0.1) is 11.3 Å². The van der Waals surface area contributed by atoms with Gasteiger partial charge >= 0.3 is 5.97 Å². The molecule has 0 aliphatic heterocycles. The Labute approximate surface area is 167 Å². The minimum atomic E-state index is -1.07. The van der Waals surface area contributed by atoms with E-state index in [9.17, 15) is 14.7 Å². The van der Waals surface area contributed by atoms with Crippen LogP contribution in [0.1, 0.15) is 29.3 Å². The largest absolute Gasteiger partial charge is 0.494 e. The summed E-state index contributed by atoms with van der Waals surface area (Å²) in [4.78, 5) is 24.1. The van der Waals surface area contributed by atoms with Crippen molar-refractivity contribution in [1.29, 1.82) is 0 Å². The Bertz CT molecular complexity index is 948. The fourth-order valence-electron chi connectivity index (χ4n) is 2.86. The first-order valence-corrected chi connectivity index (χ1v) is 9.88. The summed E-state index contributed by atoms with van der Waals surface area (Å²) in [5.41, 5.74) is 2.53. The van der Waals surface area contributed by atoms with E-state index < -0.39 is 5.97 Å². The van der Waals surface area contributed by atoms with E-state index in [0.29, 0.717) is 30.0 Å². The smallest absolute Gasteiger partial charge is 0.339 e. The fourth-order valence-corrected chi connectivity index (χ4v) is 3.84. The molecule has 2 N–H and O–H groups in total.